The zero-order valence-corrected chi connectivity index (χ0v) is 8.99. The second kappa shape index (κ2) is 9.36. The average Bonchev–Trinajstić information content (AvgIpc) is 2.10. The minimum Gasteiger partial charge on any atom is -0.393 e. The zero-order chi connectivity index (χ0) is 9.23. The molecule has 2 nitrogen and oxygen atoms in total. The molecular formula is C9H21NOS. The van der Waals surface area contributed by atoms with Gasteiger partial charge in [0.1, 0.15) is 0 Å². The predicted molar refractivity (Wildman–Crippen MR) is 56.8 cm³/mol. The Hall–Kier alpha value is 0.270. The molecule has 0 saturated carbocycles. The highest BCUT2D eigenvalue weighted by Gasteiger charge is 1.98. The summed E-state index contributed by atoms with van der Waals surface area (Å²) in [5.41, 5.74) is 0. The molecule has 0 aromatic carbocycles. The molecule has 0 radical (unpaired) electrons. The van der Waals surface area contributed by atoms with Gasteiger partial charge in [-0.25, -0.2) is 0 Å². The maximum atomic E-state index is 9.22. The predicted octanol–water partition coefficient (Wildman–Crippen LogP) is 1.49. The Morgan fingerprint density at radius 3 is 2.75 bits per heavy atom. The Bertz CT molecular complexity index is 90.6. The first kappa shape index (κ1) is 12.3. The van der Waals surface area contributed by atoms with Crippen molar-refractivity contribution in [2.45, 2.75) is 32.3 Å². The number of hydrogen-bond donors (Lipinski definition) is 2. The van der Waals surface area contributed by atoms with Crippen LogP contribution in [-0.4, -0.2) is 36.3 Å². The van der Waals surface area contributed by atoms with Crippen LogP contribution in [0.1, 0.15) is 26.2 Å². The van der Waals surface area contributed by atoms with Gasteiger partial charge < -0.3 is 10.4 Å². The smallest absolute Gasteiger partial charge is 0.0549 e. The Balaban J connectivity index is 2.90. The van der Waals surface area contributed by atoms with Gasteiger partial charge >= 0.3 is 0 Å². The van der Waals surface area contributed by atoms with Crippen molar-refractivity contribution >= 4 is 11.8 Å². The molecule has 0 aliphatic carbocycles. The van der Waals surface area contributed by atoms with E-state index in [2.05, 4.69) is 11.6 Å². The summed E-state index contributed by atoms with van der Waals surface area (Å²) >= 11 is 1.88. The van der Waals surface area contributed by atoms with E-state index < -0.39 is 0 Å². The standard InChI is InChI=1S/C9H21NOS/c1-3-9(11)5-7-10-6-4-8-12-2/h9-11H,3-8H2,1-2H3. The fourth-order valence-electron chi connectivity index (χ4n) is 0.939. The van der Waals surface area contributed by atoms with Gasteiger partial charge in [0.05, 0.1) is 6.10 Å². The largest absolute Gasteiger partial charge is 0.393 e. The molecule has 0 aliphatic heterocycles. The molecule has 0 bridgehead atoms. The quantitative estimate of drug-likeness (QED) is 0.570. The summed E-state index contributed by atoms with van der Waals surface area (Å²) in [4.78, 5) is 0. The van der Waals surface area contributed by atoms with E-state index in [4.69, 9.17) is 0 Å². The van der Waals surface area contributed by atoms with E-state index in [9.17, 15) is 5.11 Å². The van der Waals surface area contributed by atoms with Crippen molar-refractivity contribution in [2.24, 2.45) is 0 Å². The van der Waals surface area contributed by atoms with Crippen LogP contribution in [0.2, 0.25) is 0 Å². The Labute approximate surface area is 80.1 Å². The molecule has 2 N–H and O–H groups in total. The van der Waals surface area contributed by atoms with Crippen LogP contribution in [0.15, 0.2) is 0 Å². The lowest BCUT2D eigenvalue weighted by Gasteiger charge is -2.07. The molecule has 1 atom stereocenters. The van der Waals surface area contributed by atoms with Crippen LogP contribution in [-0.2, 0) is 0 Å². The van der Waals surface area contributed by atoms with Gasteiger partial charge in [-0.05, 0) is 44.4 Å². The molecular weight excluding hydrogens is 170 g/mol. The monoisotopic (exact) mass is 191 g/mol. The van der Waals surface area contributed by atoms with Crippen LogP contribution in [0, 0.1) is 0 Å². The van der Waals surface area contributed by atoms with Gasteiger partial charge in [-0.3, -0.25) is 0 Å². The van der Waals surface area contributed by atoms with Crippen LogP contribution in [0.25, 0.3) is 0 Å². The molecule has 0 aliphatic rings. The molecule has 0 heterocycles. The van der Waals surface area contributed by atoms with Crippen LogP contribution >= 0.6 is 11.8 Å². The number of thioether (sulfide) groups is 1. The van der Waals surface area contributed by atoms with Gasteiger partial charge in [0.25, 0.3) is 0 Å². The van der Waals surface area contributed by atoms with Gasteiger partial charge in [0.2, 0.25) is 0 Å². The topological polar surface area (TPSA) is 32.3 Å². The van der Waals surface area contributed by atoms with Crippen LogP contribution in [0.4, 0.5) is 0 Å². The minimum atomic E-state index is -0.113. The fourth-order valence-corrected chi connectivity index (χ4v) is 1.37. The Kier molecular flexibility index (Phi) is 9.57. The van der Waals surface area contributed by atoms with Crippen LogP contribution in [0.3, 0.4) is 0 Å². The maximum absolute atomic E-state index is 9.22. The van der Waals surface area contributed by atoms with Gasteiger partial charge in [-0.1, -0.05) is 6.92 Å². The first-order valence-corrected chi connectivity index (χ1v) is 6.08. The van der Waals surface area contributed by atoms with Crippen molar-refractivity contribution in [1.29, 1.82) is 0 Å². The molecule has 0 amide bonds. The third kappa shape index (κ3) is 8.37. The second-order valence-electron chi connectivity index (χ2n) is 2.95. The number of nitrogens with one attached hydrogen (secondary N) is 1. The van der Waals surface area contributed by atoms with Gasteiger partial charge in [-0.2, -0.15) is 11.8 Å². The van der Waals surface area contributed by atoms with Crippen LogP contribution in [0.5, 0.6) is 0 Å². The van der Waals surface area contributed by atoms with Crippen molar-refractivity contribution in [3.05, 3.63) is 0 Å². The molecule has 12 heavy (non-hydrogen) atoms. The normalized spacial score (nSPS) is 13.2. The molecule has 0 fully saturated rings. The number of rotatable bonds is 8. The highest BCUT2D eigenvalue weighted by atomic mass is 32.2. The third-order valence-electron chi connectivity index (χ3n) is 1.83. The van der Waals surface area contributed by atoms with Crippen molar-refractivity contribution in [2.75, 3.05) is 25.1 Å². The molecule has 3 heteroatoms. The summed E-state index contributed by atoms with van der Waals surface area (Å²) in [5.74, 6) is 1.23. The highest BCUT2D eigenvalue weighted by Crippen LogP contribution is 1.95. The number of aliphatic hydroxyl groups excluding tert-OH is 1. The van der Waals surface area contributed by atoms with E-state index in [1.54, 1.807) is 0 Å². The molecule has 1 unspecified atom stereocenters. The molecule has 74 valence electrons. The summed E-state index contributed by atoms with van der Waals surface area (Å²) in [6.07, 6.45) is 4.99. The summed E-state index contributed by atoms with van der Waals surface area (Å²) in [5, 5.41) is 12.5. The van der Waals surface area contributed by atoms with E-state index in [0.717, 1.165) is 25.9 Å². The van der Waals surface area contributed by atoms with E-state index >= 15 is 0 Å². The second-order valence-corrected chi connectivity index (χ2v) is 3.93. The summed E-state index contributed by atoms with van der Waals surface area (Å²) in [6.45, 7) is 4.04. The van der Waals surface area contributed by atoms with Crippen molar-refractivity contribution in [3.8, 4) is 0 Å². The van der Waals surface area contributed by atoms with E-state index in [-0.39, 0.29) is 6.10 Å². The minimum absolute atomic E-state index is 0.113. The summed E-state index contributed by atoms with van der Waals surface area (Å²) in [6, 6.07) is 0. The maximum Gasteiger partial charge on any atom is 0.0549 e. The molecule has 0 aromatic heterocycles. The third-order valence-corrected chi connectivity index (χ3v) is 2.52. The molecule has 0 aromatic rings. The lowest BCUT2D eigenvalue weighted by atomic mass is 10.2. The number of hydrogen-bond acceptors (Lipinski definition) is 3. The van der Waals surface area contributed by atoms with Gasteiger partial charge in [0.15, 0.2) is 0 Å². The highest BCUT2D eigenvalue weighted by molar-refractivity contribution is 7.98. The lowest BCUT2D eigenvalue weighted by Crippen LogP contribution is -2.21. The molecule has 0 saturated heterocycles. The summed E-state index contributed by atoms with van der Waals surface area (Å²) in [7, 11) is 0. The summed E-state index contributed by atoms with van der Waals surface area (Å²) < 4.78 is 0. The average molecular weight is 191 g/mol. The van der Waals surface area contributed by atoms with E-state index in [0.29, 0.717) is 0 Å². The first-order valence-electron chi connectivity index (χ1n) is 4.69. The van der Waals surface area contributed by atoms with Gasteiger partial charge in [-0.15, -0.1) is 0 Å². The Morgan fingerprint density at radius 1 is 1.42 bits per heavy atom. The number of aliphatic hydroxyl groups is 1. The molecule has 0 rings (SSSR count). The van der Waals surface area contributed by atoms with Crippen molar-refractivity contribution in [1.82, 2.24) is 5.32 Å². The van der Waals surface area contributed by atoms with Crippen molar-refractivity contribution in [3.63, 3.8) is 0 Å². The van der Waals surface area contributed by atoms with E-state index in [1.807, 2.05) is 18.7 Å². The van der Waals surface area contributed by atoms with Crippen LogP contribution < -0.4 is 5.32 Å². The van der Waals surface area contributed by atoms with E-state index in [1.165, 1.54) is 12.2 Å². The fraction of sp³-hybridized carbons (Fsp3) is 1.00. The zero-order valence-electron chi connectivity index (χ0n) is 8.18. The molecule has 0 spiro atoms. The first-order chi connectivity index (χ1) is 5.81. The Morgan fingerprint density at radius 2 is 2.17 bits per heavy atom. The lowest BCUT2D eigenvalue weighted by molar-refractivity contribution is 0.160. The SMILES string of the molecule is CCC(O)CCNCCCSC. The van der Waals surface area contributed by atoms with Gasteiger partial charge in [0, 0.05) is 0 Å². The van der Waals surface area contributed by atoms with Crippen molar-refractivity contribution < 1.29 is 5.11 Å².